The van der Waals surface area contributed by atoms with E-state index in [4.69, 9.17) is 9.47 Å². The second-order valence-electron chi connectivity index (χ2n) is 6.96. The first-order valence-electron chi connectivity index (χ1n) is 10.1. The van der Waals surface area contributed by atoms with Crippen molar-refractivity contribution in [3.8, 4) is 11.5 Å². The third-order valence-electron chi connectivity index (χ3n) is 4.88. The first-order chi connectivity index (χ1) is 15.2. The minimum absolute atomic E-state index is 0.193. The lowest BCUT2D eigenvalue weighted by Crippen LogP contribution is -2.13. The maximum atomic E-state index is 12.8. The van der Waals surface area contributed by atoms with Crippen LogP contribution in [0.25, 0.3) is 10.8 Å². The van der Waals surface area contributed by atoms with Crippen LogP contribution in [0, 0.1) is 0 Å². The Balaban J connectivity index is 1.58. The molecule has 0 aliphatic rings. The molecule has 1 N–H and O–H groups in total. The fourth-order valence-corrected chi connectivity index (χ4v) is 3.75. The Kier molecular flexibility index (Phi) is 6.53. The number of benzene rings is 4. The molecular formula is C26H22BrNO3. The molecule has 0 saturated carbocycles. The van der Waals surface area contributed by atoms with Gasteiger partial charge in [-0.3, -0.25) is 4.79 Å². The average molecular weight is 476 g/mol. The lowest BCUT2D eigenvalue weighted by Gasteiger charge is -2.15. The highest BCUT2D eigenvalue weighted by Gasteiger charge is 2.13. The number of hydrogen-bond acceptors (Lipinski definition) is 3. The molecule has 1 amide bonds. The number of para-hydroxylation sites is 1. The zero-order valence-corrected chi connectivity index (χ0v) is 18.7. The van der Waals surface area contributed by atoms with Crippen LogP contribution in [0.1, 0.15) is 22.8 Å². The van der Waals surface area contributed by atoms with E-state index in [1.165, 1.54) is 0 Å². The highest BCUT2D eigenvalue weighted by Crippen LogP contribution is 2.28. The molecule has 4 aromatic rings. The summed E-state index contributed by atoms with van der Waals surface area (Å²) in [4.78, 5) is 12.8. The van der Waals surface area contributed by atoms with Gasteiger partial charge in [-0.15, -0.1) is 0 Å². The fourth-order valence-electron chi connectivity index (χ4n) is 3.36. The summed E-state index contributed by atoms with van der Waals surface area (Å²) in [5, 5.41) is 5.10. The van der Waals surface area contributed by atoms with E-state index in [-0.39, 0.29) is 5.91 Å². The highest BCUT2D eigenvalue weighted by atomic mass is 79.9. The Morgan fingerprint density at radius 3 is 2.48 bits per heavy atom. The van der Waals surface area contributed by atoms with Crippen molar-refractivity contribution < 1.29 is 14.3 Å². The SMILES string of the molecule is CCOc1ccc(C(=O)Nc2ccccc2Br)cc1COc1cccc2ccccc12. The second kappa shape index (κ2) is 9.67. The van der Waals surface area contributed by atoms with Crippen molar-refractivity contribution in [1.82, 2.24) is 0 Å². The molecule has 0 aliphatic carbocycles. The zero-order chi connectivity index (χ0) is 21.6. The van der Waals surface area contributed by atoms with Crippen molar-refractivity contribution in [3.63, 3.8) is 0 Å². The summed E-state index contributed by atoms with van der Waals surface area (Å²) in [7, 11) is 0. The van der Waals surface area contributed by atoms with E-state index in [9.17, 15) is 4.79 Å². The molecule has 31 heavy (non-hydrogen) atoms. The van der Waals surface area contributed by atoms with Crippen LogP contribution in [0.5, 0.6) is 11.5 Å². The molecular weight excluding hydrogens is 454 g/mol. The lowest BCUT2D eigenvalue weighted by atomic mass is 10.1. The van der Waals surface area contributed by atoms with Gasteiger partial charge < -0.3 is 14.8 Å². The summed E-state index contributed by atoms with van der Waals surface area (Å²) in [5.74, 6) is 1.31. The van der Waals surface area contributed by atoms with Gasteiger partial charge in [0, 0.05) is 21.0 Å². The van der Waals surface area contributed by atoms with E-state index >= 15 is 0 Å². The van der Waals surface area contributed by atoms with E-state index in [0.717, 1.165) is 32.2 Å². The first-order valence-corrected chi connectivity index (χ1v) is 10.9. The molecule has 0 radical (unpaired) electrons. The van der Waals surface area contributed by atoms with Crippen molar-refractivity contribution in [2.75, 3.05) is 11.9 Å². The van der Waals surface area contributed by atoms with Gasteiger partial charge in [0.2, 0.25) is 0 Å². The van der Waals surface area contributed by atoms with Crippen molar-refractivity contribution in [2.45, 2.75) is 13.5 Å². The molecule has 4 rings (SSSR count). The Labute approximate surface area is 189 Å². The average Bonchev–Trinajstić information content (AvgIpc) is 2.80. The van der Waals surface area contributed by atoms with Crippen molar-refractivity contribution in [1.29, 1.82) is 0 Å². The predicted octanol–water partition coefficient (Wildman–Crippen LogP) is 6.83. The van der Waals surface area contributed by atoms with Gasteiger partial charge in [-0.05, 0) is 64.6 Å². The van der Waals surface area contributed by atoms with Gasteiger partial charge in [-0.1, -0.05) is 48.5 Å². The summed E-state index contributed by atoms with van der Waals surface area (Å²) in [5.41, 5.74) is 2.07. The standard InChI is InChI=1S/C26H22BrNO3/c1-2-30-24-15-14-19(26(29)28-23-12-6-5-11-22(23)27)16-20(24)17-31-25-13-7-9-18-8-3-4-10-21(18)25/h3-16H,2,17H2,1H3,(H,28,29). The van der Waals surface area contributed by atoms with Gasteiger partial charge in [-0.2, -0.15) is 0 Å². The molecule has 156 valence electrons. The van der Waals surface area contributed by atoms with Gasteiger partial charge in [0.25, 0.3) is 5.91 Å². The summed E-state index contributed by atoms with van der Waals surface area (Å²) < 4.78 is 12.7. The summed E-state index contributed by atoms with van der Waals surface area (Å²) in [6.07, 6.45) is 0. The van der Waals surface area contributed by atoms with E-state index in [1.54, 1.807) is 6.07 Å². The summed E-state index contributed by atoms with van der Waals surface area (Å²) in [6.45, 7) is 2.76. The molecule has 4 nitrogen and oxygen atoms in total. The number of hydrogen-bond donors (Lipinski definition) is 1. The van der Waals surface area contributed by atoms with Crippen LogP contribution >= 0.6 is 15.9 Å². The van der Waals surface area contributed by atoms with Crippen molar-refractivity contribution >= 4 is 38.3 Å². The van der Waals surface area contributed by atoms with Crippen molar-refractivity contribution in [2.24, 2.45) is 0 Å². The summed E-state index contributed by atoms with van der Waals surface area (Å²) in [6, 6.07) is 27.0. The molecule has 0 aliphatic heterocycles. The molecule has 0 spiro atoms. The molecule has 0 fully saturated rings. The van der Waals surface area contributed by atoms with Crippen LogP contribution in [-0.2, 0) is 6.61 Å². The fraction of sp³-hybridized carbons (Fsp3) is 0.115. The number of ether oxygens (including phenoxy) is 2. The number of amides is 1. The smallest absolute Gasteiger partial charge is 0.255 e. The van der Waals surface area contributed by atoms with Gasteiger partial charge in [0.05, 0.1) is 12.3 Å². The Morgan fingerprint density at radius 1 is 0.871 bits per heavy atom. The van der Waals surface area contributed by atoms with E-state index < -0.39 is 0 Å². The normalized spacial score (nSPS) is 10.6. The molecule has 0 bridgehead atoms. The Hall–Kier alpha value is -3.31. The molecule has 0 unspecified atom stereocenters. The maximum absolute atomic E-state index is 12.8. The van der Waals surface area contributed by atoms with E-state index in [1.807, 2.05) is 73.7 Å². The van der Waals surface area contributed by atoms with E-state index in [0.29, 0.717) is 24.5 Å². The minimum atomic E-state index is -0.193. The van der Waals surface area contributed by atoms with Gasteiger partial charge >= 0.3 is 0 Å². The maximum Gasteiger partial charge on any atom is 0.255 e. The minimum Gasteiger partial charge on any atom is -0.493 e. The monoisotopic (exact) mass is 475 g/mol. The lowest BCUT2D eigenvalue weighted by molar-refractivity contribution is 0.102. The summed E-state index contributed by atoms with van der Waals surface area (Å²) >= 11 is 3.46. The Bertz CT molecular complexity index is 1220. The van der Waals surface area contributed by atoms with Crippen LogP contribution in [0.2, 0.25) is 0 Å². The highest BCUT2D eigenvalue weighted by molar-refractivity contribution is 9.10. The number of rotatable bonds is 7. The van der Waals surface area contributed by atoms with Crippen LogP contribution < -0.4 is 14.8 Å². The van der Waals surface area contributed by atoms with Crippen molar-refractivity contribution in [3.05, 3.63) is 101 Å². The largest absolute Gasteiger partial charge is 0.493 e. The number of carbonyl (C=O) groups excluding carboxylic acids is 1. The van der Waals surface area contributed by atoms with Gasteiger partial charge in [-0.25, -0.2) is 0 Å². The van der Waals surface area contributed by atoms with Crippen LogP contribution in [-0.4, -0.2) is 12.5 Å². The zero-order valence-electron chi connectivity index (χ0n) is 17.1. The molecule has 0 atom stereocenters. The third-order valence-corrected chi connectivity index (χ3v) is 5.57. The number of anilines is 1. The topological polar surface area (TPSA) is 47.6 Å². The Morgan fingerprint density at radius 2 is 1.65 bits per heavy atom. The number of carbonyl (C=O) groups is 1. The van der Waals surface area contributed by atoms with Crippen LogP contribution in [0.4, 0.5) is 5.69 Å². The second-order valence-corrected chi connectivity index (χ2v) is 7.81. The van der Waals surface area contributed by atoms with Gasteiger partial charge in [0.1, 0.15) is 18.1 Å². The molecule has 5 heteroatoms. The molecule has 0 saturated heterocycles. The number of nitrogens with one attached hydrogen (secondary N) is 1. The van der Waals surface area contributed by atoms with Crippen LogP contribution in [0.15, 0.2) is 89.4 Å². The van der Waals surface area contributed by atoms with E-state index in [2.05, 4.69) is 33.4 Å². The third kappa shape index (κ3) is 4.89. The number of fused-ring (bicyclic) bond motifs is 1. The van der Waals surface area contributed by atoms with Gasteiger partial charge in [0.15, 0.2) is 0 Å². The molecule has 0 aromatic heterocycles. The molecule has 0 heterocycles. The first kappa shape index (κ1) is 20.9. The number of halogens is 1. The molecule has 4 aromatic carbocycles. The van der Waals surface area contributed by atoms with Crippen LogP contribution in [0.3, 0.4) is 0 Å². The predicted molar refractivity (Wildman–Crippen MR) is 128 cm³/mol. The quantitative estimate of drug-likeness (QED) is 0.318.